The Morgan fingerprint density at radius 3 is 3.00 bits per heavy atom. The maximum absolute atomic E-state index is 5.93. The van der Waals surface area contributed by atoms with Crippen LogP contribution in [0.25, 0.3) is 0 Å². The summed E-state index contributed by atoms with van der Waals surface area (Å²) >= 11 is 1.92. The Morgan fingerprint density at radius 2 is 2.14 bits per heavy atom. The lowest BCUT2D eigenvalue weighted by Crippen LogP contribution is -2.35. The monoisotopic (exact) mass is 208 g/mol. The highest BCUT2D eigenvalue weighted by Crippen LogP contribution is 2.41. The Morgan fingerprint density at radius 1 is 1.29 bits per heavy atom. The van der Waals surface area contributed by atoms with E-state index in [1.807, 2.05) is 30.0 Å². The second kappa shape index (κ2) is 3.26. The molecule has 2 atom stereocenters. The highest BCUT2D eigenvalue weighted by Gasteiger charge is 2.46. The van der Waals surface area contributed by atoms with Crippen LogP contribution in [0.3, 0.4) is 0 Å². The van der Waals surface area contributed by atoms with E-state index in [9.17, 15) is 0 Å². The number of fused-ring (bicyclic) bond motifs is 2. The molecule has 0 aliphatic carbocycles. The molecule has 14 heavy (non-hydrogen) atoms. The van der Waals surface area contributed by atoms with Gasteiger partial charge in [-0.1, -0.05) is 30.3 Å². The van der Waals surface area contributed by atoms with E-state index in [2.05, 4.69) is 12.1 Å². The first-order valence-electron chi connectivity index (χ1n) is 4.84. The number of benzene rings is 1. The van der Waals surface area contributed by atoms with Crippen LogP contribution in [0.5, 0.6) is 0 Å². The number of hydrogen-bond acceptors (Lipinski definition) is 3. The number of hydrogen-bond donors (Lipinski definition) is 0. The molecule has 0 radical (unpaired) electrons. The largest absolute Gasteiger partial charge is 0.342 e. The van der Waals surface area contributed by atoms with Crippen molar-refractivity contribution in [3.8, 4) is 0 Å². The van der Waals surface area contributed by atoms with Gasteiger partial charge in [0, 0.05) is 11.3 Å². The second-order valence-electron chi connectivity index (χ2n) is 3.68. The molecule has 2 bridgehead atoms. The first kappa shape index (κ1) is 8.77. The van der Waals surface area contributed by atoms with Crippen LogP contribution < -0.4 is 0 Å². The van der Waals surface area contributed by atoms with Crippen molar-refractivity contribution in [1.29, 1.82) is 0 Å². The Balaban J connectivity index is 1.97. The highest BCUT2D eigenvalue weighted by molar-refractivity contribution is 7.99. The van der Waals surface area contributed by atoms with Crippen molar-refractivity contribution in [2.45, 2.75) is 11.9 Å². The molecule has 2 heterocycles. The smallest absolute Gasteiger partial charge is 0.204 e. The molecule has 1 aromatic rings. The fourth-order valence-corrected chi connectivity index (χ4v) is 3.11. The summed E-state index contributed by atoms with van der Waals surface area (Å²) in [4.78, 5) is 0. The lowest BCUT2D eigenvalue weighted by atomic mass is 10.1. The average Bonchev–Trinajstić information content (AvgIpc) is 2.57. The maximum Gasteiger partial charge on any atom is 0.204 e. The zero-order chi connectivity index (χ0) is 9.43. The third kappa shape index (κ3) is 1.28. The van der Waals surface area contributed by atoms with E-state index in [0.29, 0.717) is 0 Å². The van der Waals surface area contributed by atoms with E-state index < -0.39 is 5.79 Å². The molecule has 3 heteroatoms. The van der Waals surface area contributed by atoms with Gasteiger partial charge >= 0.3 is 0 Å². The van der Waals surface area contributed by atoms with Gasteiger partial charge in [-0.15, -0.1) is 0 Å². The van der Waals surface area contributed by atoms with E-state index in [0.717, 1.165) is 23.7 Å². The minimum atomic E-state index is -0.450. The molecule has 3 rings (SSSR count). The summed E-state index contributed by atoms with van der Waals surface area (Å²) in [5.74, 6) is 1.52. The summed E-state index contributed by atoms with van der Waals surface area (Å²) in [5.41, 5.74) is 1.15. The maximum atomic E-state index is 5.93. The molecule has 0 N–H and O–H groups in total. The van der Waals surface area contributed by atoms with Crippen LogP contribution in [0.15, 0.2) is 30.3 Å². The van der Waals surface area contributed by atoms with Gasteiger partial charge in [-0.3, -0.25) is 0 Å². The Kier molecular flexibility index (Phi) is 2.04. The standard InChI is InChI=1S/C11H12O2S/c1-2-4-9(5-3-1)11-8-14-7-10(13-11)6-12-11/h1-5,10H,6-8H2. The quantitative estimate of drug-likeness (QED) is 0.703. The van der Waals surface area contributed by atoms with Crippen molar-refractivity contribution in [1.82, 2.24) is 0 Å². The highest BCUT2D eigenvalue weighted by atomic mass is 32.2. The Labute approximate surface area is 87.6 Å². The van der Waals surface area contributed by atoms with Crippen molar-refractivity contribution in [2.24, 2.45) is 0 Å². The molecule has 2 unspecified atom stereocenters. The van der Waals surface area contributed by atoms with Crippen molar-refractivity contribution in [3.05, 3.63) is 35.9 Å². The molecule has 74 valence electrons. The third-order valence-corrected chi connectivity index (χ3v) is 3.86. The first-order valence-corrected chi connectivity index (χ1v) is 6.00. The predicted octanol–water partition coefficient (Wildman–Crippen LogP) is 2.00. The molecule has 2 fully saturated rings. The summed E-state index contributed by atoms with van der Waals surface area (Å²) in [5, 5.41) is 0. The van der Waals surface area contributed by atoms with Crippen LogP contribution in [0.1, 0.15) is 5.56 Å². The average molecular weight is 208 g/mol. The molecule has 1 aromatic carbocycles. The SMILES string of the molecule is c1ccc(C23CSCC(CO2)O3)cc1. The Bertz CT molecular complexity index is 323. The zero-order valence-corrected chi connectivity index (χ0v) is 8.63. The molecule has 0 amide bonds. The third-order valence-electron chi connectivity index (χ3n) is 2.67. The fraction of sp³-hybridized carbons (Fsp3) is 0.455. The minimum Gasteiger partial charge on any atom is -0.342 e. The molecule has 0 saturated carbocycles. The second-order valence-corrected chi connectivity index (χ2v) is 4.72. The van der Waals surface area contributed by atoms with E-state index in [1.165, 1.54) is 0 Å². The molecule has 2 nitrogen and oxygen atoms in total. The molecule has 2 saturated heterocycles. The van der Waals surface area contributed by atoms with Crippen LogP contribution in [0.2, 0.25) is 0 Å². The van der Waals surface area contributed by atoms with Crippen LogP contribution in [-0.2, 0) is 15.3 Å². The normalized spacial score (nSPS) is 35.9. The molecule has 2 aliphatic rings. The number of thioether (sulfide) groups is 1. The Hall–Kier alpha value is -0.510. The van der Waals surface area contributed by atoms with Gasteiger partial charge in [-0.05, 0) is 0 Å². The van der Waals surface area contributed by atoms with Gasteiger partial charge in [0.15, 0.2) is 0 Å². The number of ether oxygens (including phenoxy) is 2. The molecule has 0 aromatic heterocycles. The van der Waals surface area contributed by atoms with Gasteiger partial charge in [0.25, 0.3) is 0 Å². The van der Waals surface area contributed by atoms with Gasteiger partial charge in [0.1, 0.15) is 0 Å². The van der Waals surface area contributed by atoms with E-state index >= 15 is 0 Å². The van der Waals surface area contributed by atoms with E-state index in [1.54, 1.807) is 0 Å². The van der Waals surface area contributed by atoms with Crippen LogP contribution in [-0.4, -0.2) is 24.2 Å². The molecule has 0 spiro atoms. The van der Waals surface area contributed by atoms with Crippen LogP contribution >= 0.6 is 11.8 Å². The summed E-state index contributed by atoms with van der Waals surface area (Å²) in [6.45, 7) is 0.738. The summed E-state index contributed by atoms with van der Waals surface area (Å²) in [7, 11) is 0. The van der Waals surface area contributed by atoms with Gasteiger partial charge in [-0.2, -0.15) is 11.8 Å². The summed E-state index contributed by atoms with van der Waals surface area (Å²) in [6.07, 6.45) is 0.286. The van der Waals surface area contributed by atoms with Gasteiger partial charge in [0.2, 0.25) is 5.79 Å². The molecular weight excluding hydrogens is 196 g/mol. The first-order chi connectivity index (χ1) is 6.89. The number of rotatable bonds is 1. The van der Waals surface area contributed by atoms with Crippen molar-refractivity contribution < 1.29 is 9.47 Å². The fourth-order valence-electron chi connectivity index (χ4n) is 1.97. The lowest BCUT2D eigenvalue weighted by Gasteiger charge is -2.31. The summed E-state index contributed by atoms with van der Waals surface area (Å²) < 4.78 is 11.7. The van der Waals surface area contributed by atoms with Crippen molar-refractivity contribution in [2.75, 3.05) is 18.1 Å². The predicted molar refractivity (Wildman–Crippen MR) is 56.3 cm³/mol. The zero-order valence-electron chi connectivity index (χ0n) is 7.81. The van der Waals surface area contributed by atoms with E-state index in [-0.39, 0.29) is 6.10 Å². The van der Waals surface area contributed by atoms with Crippen LogP contribution in [0, 0.1) is 0 Å². The summed E-state index contributed by atoms with van der Waals surface area (Å²) in [6, 6.07) is 10.2. The van der Waals surface area contributed by atoms with Crippen molar-refractivity contribution in [3.63, 3.8) is 0 Å². The van der Waals surface area contributed by atoms with Gasteiger partial charge < -0.3 is 9.47 Å². The topological polar surface area (TPSA) is 18.5 Å². The van der Waals surface area contributed by atoms with Gasteiger partial charge in [-0.25, -0.2) is 0 Å². The van der Waals surface area contributed by atoms with Gasteiger partial charge in [0.05, 0.1) is 18.5 Å². The minimum absolute atomic E-state index is 0.286. The lowest BCUT2D eigenvalue weighted by molar-refractivity contribution is -0.158. The molecule has 2 aliphatic heterocycles. The molecular formula is C11H12O2S. The van der Waals surface area contributed by atoms with E-state index in [4.69, 9.17) is 9.47 Å². The van der Waals surface area contributed by atoms with Crippen molar-refractivity contribution >= 4 is 11.8 Å². The van der Waals surface area contributed by atoms with Crippen LogP contribution in [0.4, 0.5) is 0 Å².